The molecule has 112 valence electrons. The minimum Gasteiger partial charge on any atom is -0.389 e. The summed E-state index contributed by atoms with van der Waals surface area (Å²) < 4.78 is 52.5. The van der Waals surface area contributed by atoms with E-state index in [0.29, 0.717) is 18.9 Å². The maximum atomic E-state index is 13.2. The molecule has 4 nitrogen and oxygen atoms in total. The summed E-state index contributed by atoms with van der Waals surface area (Å²) in [5.41, 5.74) is -1.21. The van der Waals surface area contributed by atoms with Crippen molar-refractivity contribution in [3.8, 4) is 0 Å². The molecule has 1 atom stereocenters. The minimum absolute atomic E-state index is 0.231. The average Bonchev–Trinajstić information content (AvgIpc) is 2.76. The molecule has 1 aliphatic rings. The lowest BCUT2D eigenvalue weighted by Gasteiger charge is -2.33. The molecule has 1 saturated heterocycles. The second kappa shape index (κ2) is 5.05. The molecule has 0 amide bonds. The van der Waals surface area contributed by atoms with Crippen molar-refractivity contribution in [3.05, 3.63) is 29.8 Å². The summed E-state index contributed by atoms with van der Waals surface area (Å²) in [6, 6.07) is 1.60. The van der Waals surface area contributed by atoms with Gasteiger partial charge in [-0.2, -0.15) is 4.31 Å². The van der Waals surface area contributed by atoms with E-state index in [-0.39, 0.29) is 6.54 Å². The Morgan fingerprint density at radius 2 is 1.80 bits per heavy atom. The Morgan fingerprint density at radius 1 is 1.25 bits per heavy atom. The van der Waals surface area contributed by atoms with Crippen LogP contribution in [0.1, 0.15) is 26.7 Å². The Hall–Kier alpha value is -1.05. The lowest BCUT2D eigenvalue weighted by molar-refractivity contribution is 0.0215. The van der Waals surface area contributed by atoms with Crippen LogP contribution in [0.4, 0.5) is 8.78 Å². The van der Waals surface area contributed by atoms with Gasteiger partial charge in [-0.05, 0) is 38.8 Å². The van der Waals surface area contributed by atoms with Crippen molar-refractivity contribution in [2.45, 2.75) is 43.2 Å². The first kappa shape index (κ1) is 15.3. The van der Waals surface area contributed by atoms with Crippen molar-refractivity contribution in [2.75, 3.05) is 6.54 Å². The summed E-state index contributed by atoms with van der Waals surface area (Å²) in [5.74, 6) is -1.88. The zero-order valence-corrected chi connectivity index (χ0v) is 12.1. The number of benzene rings is 1. The number of halogens is 2. The molecule has 0 aromatic heterocycles. The molecule has 20 heavy (non-hydrogen) atoms. The summed E-state index contributed by atoms with van der Waals surface area (Å²) in [5, 5.41) is 10.1. The summed E-state index contributed by atoms with van der Waals surface area (Å²) >= 11 is 0. The van der Waals surface area contributed by atoms with E-state index in [1.807, 2.05) is 0 Å². The molecule has 0 saturated carbocycles. The second-order valence-electron chi connectivity index (χ2n) is 5.53. The number of hydrogen-bond acceptors (Lipinski definition) is 3. The van der Waals surface area contributed by atoms with Gasteiger partial charge in [0.2, 0.25) is 10.0 Å². The first-order chi connectivity index (χ1) is 9.12. The van der Waals surface area contributed by atoms with Crippen molar-refractivity contribution >= 4 is 10.0 Å². The van der Waals surface area contributed by atoms with Gasteiger partial charge < -0.3 is 5.11 Å². The zero-order chi connectivity index (χ0) is 15.1. The van der Waals surface area contributed by atoms with Gasteiger partial charge in [-0.25, -0.2) is 17.2 Å². The van der Waals surface area contributed by atoms with E-state index >= 15 is 0 Å². The second-order valence-corrected chi connectivity index (χ2v) is 7.42. The number of aliphatic hydroxyl groups is 1. The van der Waals surface area contributed by atoms with Gasteiger partial charge in [-0.1, -0.05) is 0 Å². The summed E-state index contributed by atoms with van der Waals surface area (Å²) in [6.07, 6.45) is 1.12. The summed E-state index contributed by atoms with van der Waals surface area (Å²) in [7, 11) is -4.02. The van der Waals surface area contributed by atoms with E-state index in [1.54, 1.807) is 0 Å². The van der Waals surface area contributed by atoms with Gasteiger partial charge in [-0.15, -0.1) is 0 Å². The monoisotopic (exact) mass is 305 g/mol. The van der Waals surface area contributed by atoms with Crippen molar-refractivity contribution in [2.24, 2.45) is 0 Å². The molecule has 0 bridgehead atoms. The smallest absolute Gasteiger partial charge is 0.243 e. The molecule has 1 heterocycles. The SMILES string of the molecule is CC(C)(O)C1CCCN1S(=O)(=O)c1cc(F)cc(F)c1. The summed E-state index contributed by atoms with van der Waals surface area (Å²) in [6.45, 7) is 3.28. The first-order valence-electron chi connectivity index (χ1n) is 6.33. The third-order valence-corrected chi connectivity index (χ3v) is 5.35. The highest BCUT2D eigenvalue weighted by atomic mass is 32.2. The highest BCUT2D eigenvalue weighted by Gasteiger charge is 2.42. The van der Waals surface area contributed by atoms with Crippen LogP contribution in [-0.4, -0.2) is 36.0 Å². The molecule has 2 rings (SSSR count). The van der Waals surface area contributed by atoms with E-state index in [9.17, 15) is 22.3 Å². The molecule has 0 spiro atoms. The van der Waals surface area contributed by atoms with Crippen LogP contribution in [-0.2, 0) is 10.0 Å². The Labute approximate surface area is 117 Å². The summed E-state index contributed by atoms with van der Waals surface area (Å²) in [4.78, 5) is -0.425. The lowest BCUT2D eigenvalue weighted by atomic mass is 9.98. The zero-order valence-electron chi connectivity index (χ0n) is 11.3. The quantitative estimate of drug-likeness (QED) is 0.928. The minimum atomic E-state index is -4.02. The Bertz CT molecular complexity index is 590. The van der Waals surface area contributed by atoms with Crippen LogP contribution >= 0.6 is 0 Å². The van der Waals surface area contributed by atoms with E-state index in [0.717, 1.165) is 16.4 Å². The van der Waals surface area contributed by atoms with Crippen molar-refractivity contribution in [1.82, 2.24) is 4.31 Å². The molecule has 1 unspecified atom stereocenters. The van der Waals surface area contributed by atoms with Crippen molar-refractivity contribution in [1.29, 1.82) is 0 Å². The third-order valence-electron chi connectivity index (χ3n) is 3.46. The van der Waals surface area contributed by atoms with Crippen LogP contribution in [0.5, 0.6) is 0 Å². The van der Waals surface area contributed by atoms with E-state index in [4.69, 9.17) is 0 Å². The molecule has 1 aromatic rings. The number of nitrogens with zero attached hydrogens (tertiary/aromatic N) is 1. The molecular weight excluding hydrogens is 288 g/mol. The maximum absolute atomic E-state index is 13.2. The standard InChI is InChI=1S/C13H17F2NO3S/c1-13(2,17)12-4-3-5-16(12)20(18,19)11-7-9(14)6-10(15)8-11/h6-8,12,17H,3-5H2,1-2H3. The van der Waals surface area contributed by atoms with Gasteiger partial charge >= 0.3 is 0 Å². The molecule has 0 radical (unpaired) electrons. The largest absolute Gasteiger partial charge is 0.389 e. The lowest BCUT2D eigenvalue weighted by Crippen LogP contribution is -2.48. The van der Waals surface area contributed by atoms with Crippen LogP contribution < -0.4 is 0 Å². The highest BCUT2D eigenvalue weighted by Crippen LogP contribution is 2.32. The third kappa shape index (κ3) is 2.84. The van der Waals surface area contributed by atoms with Gasteiger partial charge in [0.1, 0.15) is 11.6 Å². The molecule has 1 N–H and O–H groups in total. The fourth-order valence-corrected chi connectivity index (χ4v) is 4.41. The number of rotatable bonds is 3. The number of sulfonamides is 1. The predicted molar refractivity (Wildman–Crippen MR) is 69.6 cm³/mol. The highest BCUT2D eigenvalue weighted by molar-refractivity contribution is 7.89. The van der Waals surface area contributed by atoms with E-state index in [1.165, 1.54) is 13.8 Å². The van der Waals surface area contributed by atoms with Gasteiger partial charge in [0, 0.05) is 12.6 Å². The topological polar surface area (TPSA) is 57.6 Å². The van der Waals surface area contributed by atoms with Gasteiger partial charge in [0.15, 0.2) is 0 Å². The van der Waals surface area contributed by atoms with Crippen molar-refractivity contribution < 1.29 is 22.3 Å². The van der Waals surface area contributed by atoms with E-state index in [2.05, 4.69) is 0 Å². The molecule has 1 aromatic carbocycles. The molecule has 1 aliphatic heterocycles. The van der Waals surface area contributed by atoms with Crippen LogP contribution in [0.15, 0.2) is 23.1 Å². The van der Waals surface area contributed by atoms with Crippen LogP contribution in [0.3, 0.4) is 0 Å². The fourth-order valence-electron chi connectivity index (χ4n) is 2.55. The van der Waals surface area contributed by atoms with Gasteiger partial charge in [0.05, 0.1) is 16.5 Å². The fraction of sp³-hybridized carbons (Fsp3) is 0.538. The Morgan fingerprint density at radius 3 is 2.30 bits per heavy atom. The van der Waals surface area contributed by atoms with Crippen molar-refractivity contribution in [3.63, 3.8) is 0 Å². The van der Waals surface area contributed by atoms with Crippen LogP contribution in [0.2, 0.25) is 0 Å². The van der Waals surface area contributed by atoms with Crippen LogP contribution in [0, 0.1) is 11.6 Å². The molecule has 0 aliphatic carbocycles. The average molecular weight is 305 g/mol. The van der Waals surface area contributed by atoms with Gasteiger partial charge in [-0.3, -0.25) is 0 Å². The van der Waals surface area contributed by atoms with E-state index < -0.39 is 38.2 Å². The normalized spacial score (nSPS) is 21.4. The maximum Gasteiger partial charge on any atom is 0.243 e. The molecule has 7 heteroatoms. The van der Waals surface area contributed by atoms with Crippen LogP contribution in [0.25, 0.3) is 0 Å². The van der Waals surface area contributed by atoms with Gasteiger partial charge in [0.25, 0.3) is 0 Å². The number of hydrogen-bond donors (Lipinski definition) is 1. The predicted octanol–water partition coefficient (Wildman–Crippen LogP) is 1.89. The molecular formula is C13H17F2NO3S. The Balaban J connectivity index is 2.44. The Kier molecular flexibility index (Phi) is 3.88. The first-order valence-corrected chi connectivity index (χ1v) is 7.77. The molecule has 1 fully saturated rings.